The molecule has 2 rings (SSSR count). The van der Waals surface area contributed by atoms with Crippen LogP contribution in [0.3, 0.4) is 0 Å². The Morgan fingerprint density at radius 3 is 2.86 bits per heavy atom. The highest BCUT2D eigenvalue weighted by atomic mass is 16.1. The number of hydrogen-bond donors (Lipinski definition) is 2. The Morgan fingerprint density at radius 1 is 1.52 bits per heavy atom. The number of likely N-dealkylation sites (N-methyl/N-ethyl adjacent to an activating group) is 2. The lowest BCUT2D eigenvalue weighted by atomic mass is 10.1. The maximum absolute atomic E-state index is 11.8. The SMILES string of the molecule is CCNC(=O)c1ccc(N(C)CC2CCCN2C)c(N)c1. The zero-order chi connectivity index (χ0) is 15.4. The molecule has 1 aromatic carbocycles. The Bertz CT molecular complexity index is 503. The number of amides is 1. The number of hydrogen-bond acceptors (Lipinski definition) is 4. The van der Waals surface area contributed by atoms with Crippen LogP contribution in [-0.4, -0.2) is 50.6 Å². The van der Waals surface area contributed by atoms with E-state index in [2.05, 4.69) is 29.2 Å². The van der Waals surface area contributed by atoms with Gasteiger partial charge in [0, 0.05) is 31.7 Å². The van der Waals surface area contributed by atoms with Gasteiger partial charge in [-0.15, -0.1) is 0 Å². The molecule has 5 nitrogen and oxygen atoms in total. The van der Waals surface area contributed by atoms with E-state index >= 15 is 0 Å². The number of nitrogen functional groups attached to an aromatic ring is 1. The van der Waals surface area contributed by atoms with Crippen molar-refractivity contribution in [3.63, 3.8) is 0 Å². The number of carbonyl (C=O) groups is 1. The van der Waals surface area contributed by atoms with E-state index < -0.39 is 0 Å². The average Bonchev–Trinajstić information content (AvgIpc) is 2.84. The fourth-order valence-corrected chi connectivity index (χ4v) is 2.93. The smallest absolute Gasteiger partial charge is 0.251 e. The number of carbonyl (C=O) groups excluding carboxylic acids is 1. The minimum Gasteiger partial charge on any atom is -0.397 e. The largest absolute Gasteiger partial charge is 0.397 e. The molecule has 0 saturated carbocycles. The van der Waals surface area contributed by atoms with Gasteiger partial charge in [-0.25, -0.2) is 0 Å². The highest BCUT2D eigenvalue weighted by molar-refractivity contribution is 5.96. The lowest BCUT2D eigenvalue weighted by Gasteiger charge is -2.28. The summed E-state index contributed by atoms with van der Waals surface area (Å²) in [6.45, 7) is 4.65. The summed E-state index contributed by atoms with van der Waals surface area (Å²) in [4.78, 5) is 16.4. The first kappa shape index (κ1) is 15.6. The third-order valence-electron chi connectivity index (χ3n) is 4.19. The summed E-state index contributed by atoms with van der Waals surface area (Å²) in [5.41, 5.74) is 8.39. The van der Waals surface area contributed by atoms with Gasteiger partial charge in [-0.05, 0) is 51.6 Å². The molecule has 0 aromatic heterocycles. The van der Waals surface area contributed by atoms with Crippen molar-refractivity contribution in [2.75, 3.05) is 44.4 Å². The molecule has 1 amide bonds. The minimum atomic E-state index is -0.0751. The van der Waals surface area contributed by atoms with Crippen LogP contribution in [0.5, 0.6) is 0 Å². The van der Waals surface area contributed by atoms with E-state index in [-0.39, 0.29) is 5.91 Å². The highest BCUT2D eigenvalue weighted by Crippen LogP contribution is 2.25. The molecular weight excluding hydrogens is 264 g/mol. The number of nitrogens with zero attached hydrogens (tertiary/aromatic N) is 2. The van der Waals surface area contributed by atoms with Gasteiger partial charge >= 0.3 is 0 Å². The third-order valence-corrected chi connectivity index (χ3v) is 4.19. The van der Waals surface area contributed by atoms with Crippen molar-refractivity contribution in [2.45, 2.75) is 25.8 Å². The lowest BCUT2D eigenvalue weighted by molar-refractivity contribution is 0.0956. The van der Waals surface area contributed by atoms with Crippen LogP contribution in [0.15, 0.2) is 18.2 Å². The Labute approximate surface area is 127 Å². The predicted octanol–water partition coefficient (Wildman–Crippen LogP) is 1.55. The van der Waals surface area contributed by atoms with E-state index in [4.69, 9.17) is 5.73 Å². The van der Waals surface area contributed by atoms with Gasteiger partial charge in [-0.3, -0.25) is 4.79 Å². The Hall–Kier alpha value is -1.75. The number of nitrogens with one attached hydrogen (secondary N) is 1. The second-order valence-electron chi connectivity index (χ2n) is 5.79. The molecule has 21 heavy (non-hydrogen) atoms. The molecule has 1 aliphatic heterocycles. The molecule has 3 N–H and O–H groups in total. The van der Waals surface area contributed by atoms with Gasteiger partial charge < -0.3 is 20.9 Å². The molecular formula is C16H26N4O. The number of anilines is 2. The molecule has 5 heteroatoms. The van der Waals surface area contributed by atoms with Crippen LogP contribution < -0.4 is 16.0 Å². The molecule has 1 aromatic rings. The summed E-state index contributed by atoms with van der Waals surface area (Å²) in [5, 5.41) is 2.79. The summed E-state index contributed by atoms with van der Waals surface area (Å²) in [6, 6.07) is 6.12. The molecule has 0 spiro atoms. The molecule has 1 heterocycles. The summed E-state index contributed by atoms with van der Waals surface area (Å²) in [6.07, 6.45) is 2.50. The molecule has 1 saturated heterocycles. The van der Waals surface area contributed by atoms with Crippen LogP contribution in [0.1, 0.15) is 30.1 Å². The molecule has 0 aliphatic carbocycles. The Kier molecular flexibility index (Phi) is 5.07. The number of rotatable bonds is 5. The maximum Gasteiger partial charge on any atom is 0.251 e. The van der Waals surface area contributed by atoms with Crippen molar-refractivity contribution < 1.29 is 4.79 Å². The lowest BCUT2D eigenvalue weighted by Crippen LogP contribution is -2.36. The third kappa shape index (κ3) is 3.67. The molecule has 0 bridgehead atoms. The van der Waals surface area contributed by atoms with E-state index in [1.807, 2.05) is 19.1 Å². The van der Waals surface area contributed by atoms with Crippen LogP contribution in [0.4, 0.5) is 11.4 Å². The van der Waals surface area contributed by atoms with E-state index in [1.54, 1.807) is 6.07 Å². The standard InChI is InChI=1S/C16H26N4O/c1-4-18-16(21)12-7-8-15(14(17)10-12)20(3)11-13-6-5-9-19(13)2/h7-8,10,13H,4-6,9,11,17H2,1-3H3,(H,18,21). The first-order chi connectivity index (χ1) is 10.0. The van der Waals surface area contributed by atoms with Crippen LogP contribution in [-0.2, 0) is 0 Å². The molecule has 1 fully saturated rings. The number of benzene rings is 1. The Morgan fingerprint density at radius 2 is 2.29 bits per heavy atom. The van der Waals surface area contributed by atoms with Crippen LogP contribution in [0, 0.1) is 0 Å². The van der Waals surface area contributed by atoms with Gasteiger partial charge in [0.05, 0.1) is 11.4 Å². The molecule has 0 radical (unpaired) electrons. The number of nitrogens with two attached hydrogens (primary N) is 1. The second-order valence-corrected chi connectivity index (χ2v) is 5.79. The molecule has 1 aliphatic rings. The van der Waals surface area contributed by atoms with Gasteiger partial charge in [0.1, 0.15) is 0 Å². The highest BCUT2D eigenvalue weighted by Gasteiger charge is 2.22. The monoisotopic (exact) mass is 290 g/mol. The first-order valence-corrected chi connectivity index (χ1v) is 7.62. The van der Waals surface area contributed by atoms with Crippen LogP contribution in [0.2, 0.25) is 0 Å². The number of likely N-dealkylation sites (tertiary alicyclic amines) is 1. The van der Waals surface area contributed by atoms with E-state index in [0.717, 1.165) is 12.2 Å². The zero-order valence-electron chi connectivity index (χ0n) is 13.2. The summed E-state index contributed by atoms with van der Waals surface area (Å²) < 4.78 is 0. The topological polar surface area (TPSA) is 61.6 Å². The van der Waals surface area contributed by atoms with Crippen molar-refractivity contribution >= 4 is 17.3 Å². The van der Waals surface area contributed by atoms with E-state index in [1.165, 1.54) is 19.4 Å². The molecule has 1 atom stereocenters. The van der Waals surface area contributed by atoms with Gasteiger partial charge in [0.15, 0.2) is 0 Å². The normalized spacial score (nSPS) is 18.7. The quantitative estimate of drug-likeness (QED) is 0.808. The first-order valence-electron chi connectivity index (χ1n) is 7.62. The van der Waals surface area contributed by atoms with Gasteiger partial charge in [-0.2, -0.15) is 0 Å². The average molecular weight is 290 g/mol. The van der Waals surface area contributed by atoms with Gasteiger partial charge in [0.25, 0.3) is 5.91 Å². The summed E-state index contributed by atoms with van der Waals surface area (Å²) >= 11 is 0. The summed E-state index contributed by atoms with van der Waals surface area (Å²) in [5.74, 6) is -0.0751. The zero-order valence-corrected chi connectivity index (χ0v) is 13.2. The summed E-state index contributed by atoms with van der Waals surface area (Å²) in [7, 11) is 4.23. The van der Waals surface area contributed by atoms with Gasteiger partial charge in [-0.1, -0.05) is 0 Å². The van der Waals surface area contributed by atoms with Crippen molar-refractivity contribution in [2.24, 2.45) is 0 Å². The van der Waals surface area contributed by atoms with Crippen LogP contribution >= 0.6 is 0 Å². The van der Waals surface area contributed by atoms with E-state index in [0.29, 0.717) is 23.8 Å². The van der Waals surface area contributed by atoms with Gasteiger partial charge in [0.2, 0.25) is 0 Å². The predicted molar refractivity (Wildman–Crippen MR) is 87.8 cm³/mol. The van der Waals surface area contributed by atoms with E-state index in [9.17, 15) is 4.79 Å². The van der Waals surface area contributed by atoms with Crippen molar-refractivity contribution in [1.29, 1.82) is 0 Å². The molecule has 1 unspecified atom stereocenters. The fraction of sp³-hybridized carbons (Fsp3) is 0.562. The van der Waals surface area contributed by atoms with Crippen molar-refractivity contribution in [3.05, 3.63) is 23.8 Å². The van der Waals surface area contributed by atoms with Crippen molar-refractivity contribution in [3.8, 4) is 0 Å². The Balaban J connectivity index is 2.07. The second kappa shape index (κ2) is 6.80. The van der Waals surface area contributed by atoms with Crippen molar-refractivity contribution in [1.82, 2.24) is 10.2 Å². The molecule has 116 valence electrons. The van der Waals surface area contributed by atoms with Crippen LogP contribution in [0.25, 0.3) is 0 Å². The minimum absolute atomic E-state index is 0.0751. The fourth-order valence-electron chi connectivity index (χ4n) is 2.93. The maximum atomic E-state index is 11.8.